The summed E-state index contributed by atoms with van der Waals surface area (Å²) in [5.41, 5.74) is 0.745. The lowest BCUT2D eigenvalue weighted by Crippen LogP contribution is -2.44. The molecule has 0 saturated heterocycles. The first-order valence-electron chi connectivity index (χ1n) is 9.11. The van der Waals surface area contributed by atoms with Gasteiger partial charge in [0.05, 0.1) is 4.90 Å². The molecule has 2 aromatic carbocycles. The van der Waals surface area contributed by atoms with E-state index in [0.717, 1.165) is 12.5 Å². The molecule has 1 unspecified atom stereocenters. The van der Waals surface area contributed by atoms with E-state index in [2.05, 4.69) is 15.4 Å². The van der Waals surface area contributed by atoms with Crippen LogP contribution in [0.4, 0.5) is 10.1 Å². The van der Waals surface area contributed by atoms with Gasteiger partial charge in [0.1, 0.15) is 11.9 Å². The quantitative estimate of drug-likeness (QED) is 0.609. The lowest BCUT2D eigenvalue weighted by molar-refractivity contribution is -0.122. The van der Waals surface area contributed by atoms with E-state index in [4.69, 9.17) is 0 Å². The molecule has 0 bridgehead atoms. The summed E-state index contributed by atoms with van der Waals surface area (Å²) in [4.78, 5) is 24.0. The molecule has 0 aliphatic rings. The van der Waals surface area contributed by atoms with Crippen molar-refractivity contribution in [3.63, 3.8) is 0 Å². The Morgan fingerprint density at radius 1 is 1.10 bits per heavy atom. The number of benzene rings is 2. The van der Waals surface area contributed by atoms with Crippen molar-refractivity contribution in [2.24, 2.45) is 0 Å². The van der Waals surface area contributed by atoms with Gasteiger partial charge >= 0.3 is 0 Å². The predicted octanol–water partition coefficient (Wildman–Crippen LogP) is 2.58. The van der Waals surface area contributed by atoms with Gasteiger partial charge in [-0.2, -0.15) is 0 Å². The number of anilines is 1. The summed E-state index contributed by atoms with van der Waals surface area (Å²) in [6.07, 6.45) is 0.793. The Morgan fingerprint density at radius 2 is 1.76 bits per heavy atom. The van der Waals surface area contributed by atoms with Crippen molar-refractivity contribution in [1.82, 2.24) is 10.6 Å². The molecule has 9 heteroatoms. The summed E-state index contributed by atoms with van der Waals surface area (Å²) in [7, 11) is -3.89. The molecule has 7 nitrogen and oxygen atoms in total. The van der Waals surface area contributed by atoms with Crippen LogP contribution in [-0.4, -0.2) is 32.8 Å². The summed E-state index contributed by atoms with van der Waals surface area (Å²) < 4.78 is 40.6. The highest BCUT2D eigenvalue weighted by molar-refractivity contribution is 7.92. The number of nitrogens with one attached hydrogen (secondary N) is 3. The SMILES string of the molecule is CCCNC(=O)C(C)NC(=O)c1ccc(NS(=O)(=O)c2ccc(F)c(C)c2)cc1. The Labute approximate surface area is 169 Å². The zero-order valence-corrected chi connectivity index (χ0v) is 17.3. The van der Waals surface area contributed by atoms with E-state index in [1.165, 1.54) is 43.3 Å². The molecule has 156 valence electrons. The van der Waals surface area contributed by atoms with E-state index in [9.17, 15) is 22.4 Å². The second kappa shape index (κ2) is 9.51. The molecule has 3 N–H and O–H groups in total. The average Bonchev–Trinajstić information content (AvgIpc) is 2.68. The van der Waals surface area contributed by atoms with Crippen molar-refractivity contribution in [2.75, 3.05) is 11.3 Å². The average molecular weight is 421 g/mol. The van der Waals surface area contributed by atoms with Crippen LogP contribution in [0.3, 0.4) is 0 Å². The first-order valence-corrected chi connectivity index (χ1v) is 10.6. The van der Waals surface area contributed by atoms with Gasteiger partial charge in [0.2, 0.25) is 5.91 Å². The van der Waals surface area contributed by atoms with Crippen LogP contribution in [-0.2, 0) is 14.8 Å². The molecular weight excluding hydrogens is 397 g/mol. The van der Waals surface area contributed by atoms with Gasteiger partial charge in [-0.1, -0.05) is 6.92 Å². The Kier molecular flexibility index (Phi) is 7.33. The van der Waals surface area contributed by atoms with Crippen LogP contribution < -0.4 is 15.4 Å². The van der Waals surface area contributed by atoms with Crippen molar-refractivity contribution in [3.8, 4) is 0 Å². The fourth-order valence-corrected chi connectivity index (χ4v) is 3.58. The Hall–Kier alpha value is -2.94. The van der Waals surface area contributed by atoms with Gasteiger partial charge in [-0.25, -0.2) is 12.8 Å². The fourth-order valence-electron chi connectivity index (χ4n) is 2.43. The zero-order chi connectivity index (χ0) is 21.6. The molecule has 0 heterocycles. The molecule has 0 aromatic heterocycles. The Morgan fingerprint density at radius 3 is 2.34 bits per heavy atom. The molecule has 0 saturated carbocycles. The zero-order valence-electron chi connectivity index (χ0n) is 16.5. The van der Waals surface area contributed by atoms with Gasteiger partial charge in [-0.05, 0) is 68.3 Å². The molecule has 0 fully saturated rings. The van der Waals surface area contributed by atoms with Crippen molar-refractivity contribution in [1.29, 1.82) is 0 Å². The van der Waals surface area contributed by atoms with Gasteiger partial charge in [0.15, 0.2) is 0 Å². The van der Waals surface area contributed by atoms with E-state index in [0.29, 0.717) is 6.54 Å². The van der Waals surface area contributed by atoms with Crippen LogP contribution in [0.1, 0.15) is 36.2 Å². The number of carbonyl (C=O) groups is 2. The minimum absolute atomic E-state index is 0.0647. The standard InChI is InChI=1S/C20H24FN3O4S/c1-4-11-22-19(25)14(3)23-20(26)15-5-7-16(8-6-15)24-29(27,28)17-9-10-18(21)13(2)12-17/h5-10,12,14,24H,4,11H2,1-3H3,(H,22,25)(H,23,26). The largest absolute Gasteiger partial charge is 0.354 e. The van der Waals surface area contributed by atoms with Gasteiger partial charge in [0, 0.05) is 17.8 Å². The van der Waals surface area contributed by atoms with E-state index in [1.807, 2.05) is 6.92 Å². The van der Waals surface area contributed by atoms with Gasteiger partial charge in [-0.15, -0.1) is 0 Å². The first kappa shape index (κ1) is 22.4. The third kappa shape index (κ3) is 6.02. The fraction of sp³-hybridized carbons (Fsp3) is 0.300. The van der Waals surface area contributed by atoms with Gasteiger partial charge in [0.25, 0.3) is 15.9 Å². The molecule has 0 spiro atoms. The van der Waals surface area contributed by atoms with E-state index < -0.39 is 27.8 Å². The van der Waals surface area contributed by atoms with Crippen LogP contribution in [0.15, 0.2) is 47.4 Å². The molecule has 29 heavy (non-hydrogen) atoms. The summed E-state index contributed by atoms with van der Waals surface area (Å²) in [6.45, 7) is 5.51. The second-order valence-corrected chi connectivity index (χ2v) is 8.26. The number of aryl methyl sites for hydroxylation is 1. The second-order valence-electron chi connectivity index (χ2n) is 6.58. The maximum Gasteiger partial charge on any atom is 0.261 e. The third-order valence-electron chi connectivity index (χ3n) is 4.13. The van der Waals surface area contributed by atoms with E-state index in [-0.39, 0.29) is 27.6 Å². The maximum atomic E-state index is 13.4. The lowest BCUT2D eigenvalue weighted by Gasteiger charge is -2.14. The number of sulfonamides is 1. The summed E-state index contributed by atoms with van der Waals surface area (Å²) in [5, 5.41) is 5.28. The minimum Gasteiger partial charge on any atom is -0.354 e. The Bertz CT molecular complexity index is 991. The number of amides is 2. The molecule has 1 atom stereocenters. The monoisotopic (exact) mass is 421 g/mol. The summed E-state index contributed by atoms with van der Waals surface area (Å²) >= 11 is 0. The number of hydrogen-bond donors (Lipinski definition) is 3. The highest BCUT2D eigenvalue weighted by atomic mass is 32.2. The van der Waals surface area contributed by atoms with Crippen molar-refractivity contribution < 1.29 is 22.4 Å². The van der Waals surface area contributed by atoms with Crippen LogP contribution >= 0.6 is 0 Å². The van der Waals surface area contributed by atoms with Crippen LogP contribution in [0.2, 0.25) is 0 Å². The minimum atomic E-state index is -3.89. The molecule has 2 aromatic rings. The number of rotatable bonds is 8. The number of carbonyl (C=O) groups excluding carboxylic acids is 2. The van der Waals surface area contributed by atoms with Gasteiger partial charge in [-0.3, -0.25) is 14.3 Å². The van der Waals surface area contributed by atoms with E-state index in [1.54, 1.807) is 6.92 Å². The highest BCUT2D eigenvalue weighted by Crippen LogP contribution is 2.19. The Balaban J connectivity index is 2.05. The smallest absolute Gasteiger partial charge is 0.261 e. The predicted molar refractivity (Wildman–Crippen MR) is 109 cm³/mol. The first-order chi connectivity index (χ1) is 13.6. The third-order valence-corrected chi connectivity index (χ3v) is 5.51. The molecule has 0 aliphatic heterocycles. The normalized spacial score (nSPS) is 12.1. The maximum absolute atomic E-state index is 13.4. The highest BCUT2D eigenvalue weighted by Gasteiger charge is 2.18. The molecule has 2 rings (SSSR count). The topological polar surface area (TPSA) is 104 Å². The molecule has 2 amide bonds. The van der Waals surface area contributed by atoms with Crippen LogP contribution in [0, 0.1) is 12.7 Å². The van der Waals surface area contributed by atoms with E-state index >= 15 is 0 Å². The molecule has 0 aliphatic carbocycles. The van der Waals surface area contributed by atoms with Gasteiger partial charge < -0.3 is 10.6 Å². The lowest BCUT2D eigenvalue weighted by atomic mass is 10.2. The van der Waals surface area contributed by atoms with Crippen LogP contribution in [0.5, 0.6) is 0 Å². The number of hydrogen-bond acceptors (Lipinski definition) is 4. The van der Waals surface area contributed by atoms with Crippen molar-refractivity contribution >= 4 is 27.5 Å². The molecule has 0 radical (unpaired) electrons. The molecular formula is C20H24FN3O4S. The summed E-state index contributed by atoms with van der Waals surface area (Å²) in [6, 6.07) is 8.57. The summed E-state index contributed by atoms with van der Waals surface area (Å²) in [5.74, 6) is -1.22. The van der Waals surface area contributed by atoms with Crippen molar-refractivity contribution in [3.05, 3.63) is 59.4 Å². The number of halogens is 1. The van der Waals surface area contributed by atoms with Crippen molar-refractivity contribution in [2.45, 2.75) is 38.1 Å². The van der Waals surface area contributed by atoms with Crippen LogP contribution in [0.25, 0.3) is 0 Å².